The molecule has 0 aliphatic carbocycles. The van der Waals surface area contributed by atoms with Gasteiger partial charge in [0.25, 0.3) is 0 Å². The second kappa shape index (κ2) is 8.94. The number of hydrogen-bond donors (Lipinski definition) is 0. The van der Waals surface area contributed by atoms with Gasteiger partial charge in [0.05, 0.1) is 29.8 Å². The molecule has 0 unspecified atom stereocenters. The predicted molar refractivity (Wildman–Crippen MR) is 120 cm³/mol. The lowest BCUT2D eigenvalue weighted by molar-refractivity contribution is -0.131. The van der Waals surface area contributed by atoms with E-state index < -0.39 is 0 Å². The van der Waals surface area contributed by atoms with Gasteiger partial charge in [-0.25, -0.2) is 0 Å². The summed E-state index contributed by atoms with van der Waals surface area (Å²) in [6.07, 6.45) is 2.75. The number of amides is 1. The highest BCUT2D eigenvalue weighted by Crippen LogP contribution is 2.28. The highest BCUT2D eigenvalue weighted by Gasteiger charge is 2.20. The second-order valence-electron chi connectivity index (χ2n) is 7.62. The molecule has 2 heterocycles. The molecule has 4 aromatic rings. The van der Waals surface area contributed by atoms with Crippen molar-refractivity contribution >= 4 is 28.5 Å². The molecule has 0 saturated carbocycles. The Morgan fingerprint density at radius 3 is 2.71 bits per heavy atom. The molecule has 2 aromatic carbocycles. The minimum atomic E-state index is -0.0136. The van der Waals surface area contributed by atoms with Crippen LogP contribution in [0.4, 0.5) is 0 Å². The summed E-state index contributed by atoms with van der Waals surface area (Å²) in [5.41, 5.74) is 4.65. The number of rotatable bonds is 7. The number of furan rings is 1. The zero-order chi connectivity index (χ0) is 22.0. The summed E-state index contributed by atoms with van der Waals surface area (Å²) in [6, 6.07) is 11.4. The van der Waals surface area contributed by atoms with Gasteiger partial charge < -0.3 is 13.7 Å². The van der Waals surface area contributed by atoms with Crippen LogP contribution in [0.3, 0.4) is 0 Å². The van der Waals surface area contributed by atoms with Crippen LogP contribution in [0.5, 0.6) is 0 Å². The van der Waals surface area contributed by atoms with Crippen LogP contribution in [-0.2, 0) is 17.8 Å². The van der Waals surface area contributed by atoms with E-state index in [1.54, 1.807) is 17.2 Å². The summed E-state index contributed by atoms with van der Waals surface area (Å²) in [5.74, 6) is 0.705. The summed E-state index contributed by atoms with van der Waals surface area (Å²) in [5, 5.41) is 9.74. The Morgan fingerprint density at radius 1 is 1.13 bits per heavy atom. The number of halogens is 1. The number of fused-ring (bicyclic) bond motifs is 1. The van der Waals surface area contributed by atoms with Crippen molar-refractivity contribution in [3.05, 3.63) is 70.3 Å². The van der Waals surface area contributed by atoms with E-state index in [1.807, 2.05) is 45.0 Å². The van der Waals surface area contributed by atoms with E-state index in [0.29, 0.717) is 28.9 Å². The highest BCUT2D eigenvalue weighted by molar-refractivity contribution is 6.33. The van der Waals surface area contributed by atoms with E-state index in [0.717, 1.165) is 34.1 Å². The van der Waals surface area contributed by atoms with Crippen LogP contribution < -0.4 is 0 Å². The van der Waals surface area contributed by atoms with Crippen molar-refractivity contribution in [3.63, 3.8) is 0 Å². The van der Waals surface area contributed by atoms with Crippen LogP contribution in [0.1, 0.15) is 35.9 Å². The van der Waals surface area contributed by atoms with Crippen LogP contribution >= 0.6 is 11.6 Å². The van der Waals surface area contributed by atoms with Crippen LogP contribution in [0.25, 0.3) is 22.4 Å². The lowest BCUT2D eigenvalue weighted by Gasteiger charge is -2.20. The molecule has 0 aliphatic rings. The number of hydrogen-bond acceptors (Lipinski definition) is 5. The van der Waals surface area contributed by atoms with Gasteiger partial charge >= 0.3 is 0 Å². The van der Waals surface area contributed by atoms with Crippen molar-refractivity contribution in [2.24, 2.45) is 0 Å². The molecule has 0 spiro atoms. The molecular formula is C24H24ClN3O3. The van der Waals surface area contributed by atoms with Gasteiger partial charge in [0.2, 0.25) is 17.7 Å². The van der Waals surface area contributed by atoms with Crippen molar-refractivity contribution in [2.75, 3.05) is 6.54 Å². The Hall–Kier alpha value is -3.12. The van der Waals surface area contributed by atoms with Crippen molar-refractivity contribution in [3.8, 4) is 11.5 Å². The van der Waals surface area contributed by atoms with Gasteiger partial charge in [-0.1, -0.05) is 42.8 Å². The number of nitrogens with zero attached hydrogens (tertiary/aromatic N) is 3. The minimum absolute atomic E-state index is 0.0136. The van der Waals surface area contributed by atoms with E-state index >= 15 is 0 Å². The molecular weight excluding hydrogens is 414 g/mol. The van der Waals surface area contributed by atoms with Crippen LogP contribution in [0, 0.1) is 13.8 Å². The standard InChI is InChI=1S/C24H24ClN3O3/c1-4-11-28(13-21-26-27-24(31-21)19-7-5-6-8-20(19)25)22(29)12-17-14-30-23-16(3)15(2)9-10-18(17)23/h5-10,14H,4,11-13H2,1-3H3. The number of carbonyl (C=O) groups excluding carboxylic acids is 1. The van der Waals surface area contributed by atoms with E-state index in [-0.39, 0.29) is 18.9 Å². The van der Waals surface area contributed by atoms with Crippen molar-refractivity contribution < 1.29 is 13.6 Å². The fourth-order valence-electron chi connectivity index (χ4n) is 3.59. The summed E-state index contributed by atoms with van der Waals surface area (Å²) >= 11 is 6.22. The predicted octanol–water partition coefficient (Wildman–Crippen LogP) is 5.73. The molecule has 7 heteroatoms. The SMILES string of the molecule is CCCN(Cc1nnc(-c2ccccc2Cl)o1)C(=O)Cc1coc2c(C)c(C)ccc12. The average Bonchev–Trinajstić information content (AvgIpc) is 3.38. The maximum atomic E-state index is 13.1. The molecule has 0 atom stereocenters. The Morgan fingerprint density at radius 2 is 1.94 bits per heavy atom. The molecule has 0 N–H and O–H groups in total. The quantitative estimate of drug-likeness (QED) is 0.369. The molecule has 31 heavy (non-hydrogen) atoms. The van der Waals surface area contributed by atoms with Gasteiger partial charge in [-0.15, -0.1) is 10.2 Å². The smallest absolute Gasteiger partial charge is 0.249 e. The highest BCUT2D eigenvalue weighted by atomic mass is 35.5. The third-order valence-corrected chi connectivity index (χ3v) is 5.76. The largest absolute Gasteiger partial charge is 0.464 e. The maximum absolute atomic E-state index is 13.1. The van der Waals surface area contributed by atoms with E-state index in [2.05, 4.69) is 16.3 Å². The minimum Gasteiger partial charge on any atom is -0.464 e. The third-order valence-electron chi connectivity index (χ3n) is 5.43. The van der Waals surface area contributed by atoms with Crippen molar-refractivity contribution in [2.45, 2.75) is 40.2 Å². The zero-order valence-corrected chi connectivity index (χ0v) is 18.6. The van der Waals surface area contributed by atoms with Gasteiger partial charge in [0.1, 0.15) is 5.58 Å². The Bertz CT molecular complexity index is 1230. The molecule has 4 rings (SSSR count). The van der Waals surface area contributed by atoms with E-state index in [1.165, 1.54) is 0 Å². The fraction of sp³-hybridized carbons (Fsp3) is 0.292. The lowest BCUT2D eigenvalue weighted by atomic mass is 10.0. The zero-order valence-electron chi connectivity index (χ0n) is 17.8. The average molecular weight is 438 g/mol. The molecule has 1 amide bonds. The molecule has 2 aromatic heterocycles. The number of benzene rings is 2. The van der Waals surface area contributed by atoms with Gasteiger partial charge in [-0.3, -0.25) is 4.79 Å². The number of aromatic nitrogens is 2. The molecule has 0 fully saturated rings. The Labute approximate surface area is 185 Å². The van der Waals surface area contributed by atoms with Crippen LogP contribution in [0.15, 0.2) is 51.5 Å². The van der Waals surface area contributed by atoms with Gasteiger partial charge in [0, 0.05) is 17.5 Å². The maximum Gasteiger partial charge on any atom is 0.249 e. The monoisotopic (exact) mass is 437 g/mol. The summed E-state index contributed by atoms with van der Waals surface area (Å²) in [4.78, 5) is 14.8. The topological polar surface area (TPSA) is 72.4 Å². The summed E-state index contributed by atoms with van der Waals surface area (Å²) in [7, 11) is 0. The molecule has 160 valence electrons. The molecule has 0 aliphatic heterocycles. The Kier molecular flexibility index (Phi) is 6.09. The normalized spacial score (nSPS) is 11.2. The van der Waals surface area contributed by atoms with Gasteiger partial charge in [-0.05, 0) is 43.5 Å². The van der Waals surface area contributed by atoms with Gasteiger partial charge in [0.15, 0.2) is 0 Å². The Balaban J connectivity index is 1.52. The first-order chi connectivity index (χ1) is 15.0. The fourth-order valence-corrected chi connectivity index (χ4v) is 3.80. The van der Waals surface area contributed by atoms with Crippen LogP contribution in [0.2, 0.25) is 5.02 Å². The first-order valence-electron chi connectivity index (χ1n) is 10.3. The van der Waals surface area contributed by atoms with E-state index in [4.69, 9.17) is 20.4 Å². The molecule has 0 bridgehead atoms. The molecule has 0 saturated heterocycles. The second-order valence-corrected chi connectivity index (χ2v) is 8.03. The lowest BCUT2D eigenvalue weighted by Crippen LogP contribution is -2.32. The first-order valence-corrected chi connectivity index (χ1v) is 10.7. The third kappa shape index (κ3) is 4.35. The summed E-state index contributed by atoms with van der Waals surface area (Å²) < 4.78 is 11.6. The first kappa shape index (κ1) is 21.1. The van der Waals surface area contributed by atoms with E-state index in [9.17, 15) is 4.79 Å². The summed E-state index contributed by atoms with van der Waals surface area (Å²) in [6.45, 7) is 6.95. The molecule has 6 nitrogen and oxygen atoms in total. The number of aryl methyl sites for hydroxylation is 2. The van der Waals surface area contributed by atoms with Crippen molar-refractivity contribution in [1.29, 1.82) is 0 Å². The van der Waals surface area contributed by atoms with Crippen LogP contribution in [-0.4, -0.2) is 27.5 Å². The molecule has 0 radical (unpaired) electrons. The van der Waals surface area contributed by atoms with Gasteiger partial charge in [-0.2, -0.15) is 0 Å². The number of carbonyl (C=O) groups is 1. The van der Waals surface area contributed by atoms with Crippen molar-refractivity contribution in [1.82, 2.24) is 15.1 Å².